The van der Waals surface area contributed by atoms with Crippen molar-refractivity contribution in [1.29, 1.82) is 0 Å². The van der Waals surface area contributed by atoms with Gasteiger partial charge in [-0.25, -0.2) is 0 Å². The van der Waals surface area contributed by atoms with Crippen molar-refractivity contribution in [3.8, 4) is 5.75 Å². The van der Waals surface area contributed by atoms with Gasteiger partial charge in [-0.1, -0.05) is 18.2 Å². The molecule has 7 heteroatoms. The standard InChI is InChI=1S/C21H21N3O4/c25-21(8-6-16-5-7-20-17(15-16)9-14-28-20)23-12-10-22(11-13-23)18-3-1-2-4-19(18)24(26)27/h1-8,15H,9-14H2/b8-6+. The highest BCUT2D eigenvalue weighted by Crippen LogP contribution is 2.28. The first-order valence-corrected chi connectivity index (χ1v) is 9.33. The number of anilines is 1. The molecule has 2 aliphatic rings. The van der Waals surface area contributed by atoms with Crippen molar-refractivity contribution >= 4 is 23.4 Å². The van der Waals surface area contributed by atoms with E-state index >= 15 is 0 Å². The molecule has 0 N–H and O–H groups in total. The quantitative estimate of drug-likeness (QED) is 0.464. The second-order valence-corrected chi connectivity index (χ2v) is 6.86. The van der Waals surface area contributed by atoms with Crippen LogP contribution in [0.2, 0.25) is 0 Å². The molecule has 0 aromatic heterocycles. The van der Waals surface area contributed by atoms with Gasteiger partial charge in [0.05, 0.1) is 11.5 Å². The summed E-state index contributed by atoms with van der Waals surface area (Å²) in [6.07, 6.45) is 4.33. The average Bonchev–Trinajstić information content (AvgIpc) is 3.20. The van der Waals surface area contributed by atoms with Crippen LogP contribution in [0, 0.1) is 10.1 Å². The number of carbonyl (C=O) groups excluding carboxylic acids is 1. The van der Waals surface area contributed by atoms with E-state index in [1.54, 1.807) is 29.2 Å². The minimum atomic E-state index is -0.364. The number of carbonyl (C=O) groups is 1. The third kappa shape index (κ3) is 3.69. The van der Waals surface area contributed by atoms with E-state index in [9.17, 15) is 14.9 Å². The Morgan fingerprint density at radius 1 is 1.11 bits per heavy atom. The average molecular weight is 379 g/mol. The summed E-state index contributed by atoms with van der Waals surface area (Å²) in [7, 11) is 0. The number of rotatable bonds is 4. The third-order valence-corrected chi connectivity index (χ3v) is 5.14. The number of piperazine rings is 1. The number of benzene rings is 2. The summed E-state index contributed by atoms with van der Waals surface area (Å²) in [5.41, 5.74) is 2.86. The van der Waals surface area contributed by atoms with Crippen LogP contribution in [-0.4, -0.2) is 48.5 Å². The van der Waals surface area contributed by atoms with Crippen molar-refractivity contribution in [1.82, 2.24) is 4.90 Å². The maximum Gasteiger partial charge on any atom is 0.292 e. The van der Waals surface area contributed by atoms with E-state index in [1.165, 1.54) is 11.6 Å². The van der Waals surface area contributed by atoms with E-state index in [0.29, 0.717) is 38.5 Å². The Balaban J connectivity index is 1.37. The Morgan fingerprint density at radius 2 is 1.89 bits per heavy atom. The minimum Gasteiger partial charge on any atom is -0.493 e. The largest absolute Gasteiger partial charge is 0.493 e. The summed E-state index contributed by atoms with van der Waals surface area (Å²) in [5.74, 6) is 0.883. The van der Waals surface area contributed by atoms with Crippen LogP contribution in [0.4, 0.5) is 11.4 Å². The molecule has 7 nitrogen and oxygen atoms in total. The number of hydrogen-bond donors (Lipinski definition) is 0. The first-order valence-electron chi connectivity index (χ1n) is 9.33. The van der Waals surface area contributed by atoms with Gasteiger partial charge < -0.3 is 14.5 Å². The summed E-state index contributed by atoms with van der Waals surface area (Å²) in [5, 5.41) is 11.2. The highest BCUT2D eigenvalue weighted by molar-refractivity contribution is 5.92. The Bertz CT molecular complexity index is 933. The first-order chi connectivity index (χ1) is 13.6. The van der Waals surface area contributed by atoms with E-state index in [2.05, 4.69) is 6.07 Å². The monoisotopic (exact) mass is 379 g/mol. The molecule has 0 spiro atoms. The molecular formula is C21H21N3O4. The summed E-state index contributed by atoms with van der Waals surface area (Å²) in [6, 6.07) is 12.7. The fraction of sp³-hybridized carbons (Fsp3) is 0.286. The number of nitro groups is 1. The fourth-order valence-electron chi connectivity index (χ4n) is 3.64. The van der Waals surface area contributed by atoms with Gasteiger partial charge in [-0.15, -0.1) is 0 Å². The van der Waals surface area contributed by atoms with Crippen molar-refractivity contribution < 1.29 is 14.5 Å². The number of hydrogen-bond acceptors (Lipinski definition) is 5. The molecule has 2 aromatic rings. The van der Waals surface area contributed by atoms with Gasteiger partial charge in [0.15, 0.2) is 0 Å². The van der Waals surface area contributed by atoms with Crippen molar-refractivity contribution in [2.75, 3.05) is 37.7 Å². The van der Waals surface area contributed by atoms with Gasteiger partial charge in [0.1, 0.15) is 11.4 Å². The molecule has 0 saturated carbocycles. The molecule has 2 aliphatic heterocycles. The normalized spacial score (nSPS) is 16.1. The number of ether oxygens (including phenoxy) is 1. The fourth-order valence-corrected chi connectivity index (χ4v) is 3.64. The molecule has 0 aliphatic carbocycles. The van der Waals surface area contributed by atoms with E-state index in [1.807, 2.05) is 23.1 Å². The van der Waals surface area contributed by atoms with Crippen molar-refractivity contribution in [2.24, 2.45) is 0 Å². The maximum atomic E-state index is 12.5. The molecule has 0 radical (unpaired) electrons. The van der Waals surface area contributed by atoms with Gasteiger partial charge in [0, 0.05) is 44.7 Å². The molecule has 0 atom stereocenters. The second kappa shape index (κ2) is 7.72. The van der Waals surface area contributed by atoms with Gasteiger partial charge in [-0.2, -0.15) is 0 Å². The Kier molecular flexibility index (Phi) is 4.97. The molecule has 1 fully saturated rings. The summed E-state index contributed by atoms with van der Waals surface area (Å²) in [4.78, 5) is 27.1. The van der Waals surface area contributed by atoms with Gasteiger partial charge in [-0.05, 0) is 35.4 Å². The van der Waals surface area contributed by atoms with E-state index < -0.39 is 0 Å². The second-order valence-electron chi connectivity index (χ2n) is 6.86. The lowest BCUT2D eigenvalue weighted by Crippen LogP contribution is -2.48. The summed E-state index contributed by atoms with van der Waals surface area (Å²) < 4.78 is 5.50. The highest BCUT2D eigenvalue weighted by atomic mass is 16.6. The zero-order chi connectivity index (χ0) is 19.5. The van der Waals surface area contributed by atoms with Gasteiger partial charge >= 0.3 is 0 Å². The predicted molar refractivity (Wildman–Crippen MR) is 107 cm³/mol. The molecule has 4 rings (SSSR count). The van der Waals surface area contributed by atoms with E-state index in [4.69, 9.17) is 4.74 Å². The topological polar surface area (TPSA) is 75.9 Å². The molecule has 2 aromatic carbocycles. The van der Waals surface area contributed by atoms with E-state index in [0.717, 1.165) is 17.7 Å². The minimum absolute atomic E-state index is 0.0426. The zero-order valence-electron chi connectivity index (χ0n) is 15.4. The smallest absolute Gasteiger partial charge is 0.292 e. The molecule has 1 saturated heterocycles. The SMILES string of the molecule is O=C(/C=C/c1ccc2c(c1)CCO2)N1CCN(c2ccccc2[N+](=O)[O-])CC1. The zero-order valence-corrected chi connectivity index (χ0v) is 15.4. The van der Waals surface area contributed by atoms with Crippen LogP contribution < -0.4 is 9.64 Å². The lowest BCUT2D eigenvalue weighted by Gasteiger charge is -2.35. The van der Waals surface area contributed by atoms with Crippen molar-refractivity contribution in [3.63, 3.8) is 0 Å². The van der Waals surface area contributed by atoms with Gasteiger partial charge in [0.2, 0.25) is 5.91 Å². The number of para-hydroxylation sites is 2. The maximum absolute atomic E-state index is 12.5. The van der Waals surface area contributed by atoms with Crippen LogP contribution in [0.3, 0.4) is 0 Å². The number of nitro benzene ring substituents is 1. The lowest BCUT2D eigenvalue weighted by atomic mass is 10.1. The van der Waals surface area contributed by atoms with Crippen LogP contribution in [-0.2, 0) is 11.2 Å². The number of nitrogens with zero attached hydrogens (tertiary/aromatic N) is 3. The van der Waals surface area contributed by atoms with Crippen LogP contribution in [0.25, 0.3) is 6.08 Å². The summed E-state index contributed by atoms with van der Waals surface area (Å²) in [6.45, 7) is 2.92. The number of amides is 1. The molecule has 1 amide bonds. The molecule has 0 bridgehead atoms. The molecule has 28 heavy (non-hydrogen) atoms. The first kappa shape index (κ1) is 18.0. The number of fused-ring (bicyclic) bond motifs is 1. The highest BCUT2D eigenvalue weighted by Gasteiger charge is 2.24. The molecular weight excluding hydrogens is 358 g/mol. The molecule has 2 heterocycles. The van der Waals surface area contributed by atoms with Gasteiger partial charge in [-0.3, -0.25) is 14.9 Å². The molecule has 144 valence electrons. The van der Waals surface area contributed by atoms with E-state index in [-0.39, 0.29) is 16.5 Å². The Labute approximate surface area is 163 Å². The summed E-state index contributed by atoms with van der Waals surface area (Å²) >= 11 is 0. The predicted octanol–water partition coefficient (Wildman–Crippen LogP) is 2.89. The lowest BCUT2D eigenvalue weighted by molar-refractivity contribution is -0.384. The molecule has 0 unspecified atom stereocenters. The van der Waals surface area contributed by atoms with Crippen LogP contribution in [0.5, 0.6) is 5.75 Å². The Hall–Kier alpha value is -3.35. The van der Waals surface area contributed by atoms with Crippen LogP contribution in [0.15, 0.2) is 48.5 Å². The van der Waals surface area contributed by atoms with Gasteiger partial charge in [0.25, 0.3) is 5.69 Å². The van der Waals surface area contributed by atoms with Crippen molar-refractivity contribution in [3.05, 3.63) is 69.8 Å². The van der Waals surface area contributed by atoms with Crippen LogP contribution in [0.1, 0.15) is 11.1 Å². The van der Waals surface area contributed by atoms with Crippen LogP contribution >= 0.6 is 0 Å². The third-order valence-electron chi connectivity index (χ3n) is 5.14. The van der Waals surface area contributed by atoms with Crippen molar-refractivity contribution in [2.45, 2.75) is 6.42 Å². The Morgan fingerprint density at radius 3 is 2.68 bits per heavy atom.